The molecule has 0 aliphatic heterocycles. The van der Waals surface area contributed by atoms with E-state index in [0.29, 0.717) is 12.0 Å². The summed E-state index contributed by atoms with van der Waals surface area (Å²) in [7, 11) is 0. The Kier molecular flexibility index (Phi) is 5.38. The maximum absolute atomic E-state index is 11.6. The van der Waals surface area contributed by atoms with Crippen LogP contribution in [-0.4, -0.2) is 27.4 Å². The number of aliphatic hydroxyl groups excluding tert-OH is 1. The van der Waals surface area contributed by atoms with Crippen LogP contribution >= 0.6 is 0 Å². The Balaban J connectivity index is 2.90. The Labute approximate surface area is 144 Å². The molecule has 0 aliphatic carbocycles. The lowest BCUT2D eigenvalue weighted by Crippen LogP contribution is -2.15. The second-order valence-corrected chi connectivity index (χ2v) is 7.52. The maximum Gasteiger partial charge on any atom is 0.335 e. The van der Waals surface area contributed by atoms with Crippen molar-refractivity contribution < 1.29 is 15.0 Å². The summed E-state index contributed by atoms with van der Waals surface area (Å²) in [6.07, 6.45) is 2.48. The molecule has 4 heteroatoms. The molecule has 132 valence electrons. The largest absolute Gasteiger partial charge is 0.478 e. The first kappa shape index (κ1) is 18.5. The fourth-order valence-corrected chi connectivity index (χ4v) is 3.45. The minimum absolute atomic E-state index is 0.143. The van der Waals surface area contributed by atoms with Gasteiger partial charge in [-0.05, 0) is 54.9 Å². The Morgan fingerprint density at radius 1 is 1.25 bits per heavy atom. The zero-order chi connectivity index (χ0) is 18.1. The van der Waals surface area contributed by atoms with Gasteiger partial charge in [-0.2, -0.15) is 0 Å². The topological polar surface area (TPSA) is 62.5 Å². The SMILES string of the molecule is CCCn1c(C)c(CCCO)c2cc(C(=O)O)cc(C(C)(C)C)c21. The number of carboxylic acids is 1. The normalized spacial score (nSPS) is 12.1. The van der Waals surface area contributed by atoms with Gasteiger partial charge in [-0.1, -0.05) is 27.7 Å². The number of hydrogen-bond donors (Lipinski definition) is 2. The molecular formula is C20H29NO3. The van der Waals surface area contributed by atoms with Crippen LogP contribution in [0.25, 0.3) is 10.9 Å². The molecule has 0 radical (unpaired) electrons. The number of nitrogens with zero attached hydrogens (tertiary/aromatic N) is 1. The van der Waals surface area contributed by atoms with E-state index in [4.69, 9.17) is 0 Å². The van der Waals surface area contributed by atoms with E-state index in [1.54, 1.807) is 6.07 Å². The highest BCUT2D eigenvalue weighted by atomic mass is 16.4. The van der Waals surface area contributed by atoms with Crippen molar-refractivity contribution in [3.63, 3.8) is 0 Å². The van der Waals surface area contributed by atoms with Crippen LogP contribution in [0.1, 0.15) is 67.7 Å². The van der Waals surface area contributed by atoms with Crippen LogP contribution in [0.3, 0.4) is 0 Å². The molecule has 2 N–H and O–H groups in total. The fraction of sp³-hybridized carbons (Fsp3) is 0.550. The molecule has 1 aromatic carbocycles. The summed E-state index contributed by atoms with van der Waals surface area (Å²) in [6, 6.07) is 3.63. The predicted molar refractivity (Wildman–Crippen MR) is 98.0 cm³/mol. The van der Waals surface area contributed by atoms with Crippen molar-refractivity contribution in [1.82, 2.24) is 4.57 Å². The van der Waals surface area contributed by atoms with Gasteiger partial charge in [-0.15, -0.1) is 0 Å². The average molecular weight is 331 g/mol. The number of fused-ring (bicyclic) bond motifs is 1. The number of carbonyl (C=O) groups is 1. The number of aromatic nitrogens is 1. The summed E-state index contributed by atoms with van der Waals surface area (Å²) in [5, 5.41) is 19.8. The minimum atomic E-state index is -0.892. The lowest BCUT2D eigenvalue weighted by atomic mass is 9.84. The number of rotatable bonds is 6. The standard InChI is InChI=1S/C20H29NO3/c1-6-9-21-13(2)15(8-7-10-22)16-11-14(19(23)24)12-17(18(16)21)20(3,4)5/h11-12,22H,6-10H2,1-5H3,(H,23,24). The second-order valence-electron chi connectivity index (χ2n) is 7.52. The van der Waals surface area contributed by atoms with Gasteiger partial charge in [0.15, 0.2) is 0 Å². The van der Waals surface area contributed by atoms with Gasteiger partial charge in [-0.3, -0.25) is 0 Å². The van der Waals surface area contributed by atoms with Gasteiger partial charge in [0.05, 0.1) is 11.1 Å². The number of aromatic carboxylic acids is 1. The number of benzene rings is 1. The molecule has 1 aromatic heterocycles. The van der Waals surface area contributed by atoms with E-state index in [0.717, 1.165) is 35.9 Å². The zero-order valence-corrected chi connectivity index (χ0v) is 15.4. The minimum Gasteiger partial charge on any atom is -0.478 e. The molecular weight excluding hydrogens is 302 g/mol. The van der Waals surface area contributed by atoms with Crippen LogP contribution in [0.15, 0.2) is 12.1 Å². The number of aliphatic hydroxyl groups is 1. The van der Waals surface area contributed by atoms with Crippen molar-refractivity contribution in [1.29, 1.82) is 0 Å². The molecule has 2 rings (SSSR count). The van der Waals surface area contributed by atoms with Crippen LogP contribution in [0, 0.1) is 6.92 Å². The van der Waals surface area contributed by atoms with E-state index in [2.05, 4.69) is 39.2 Å². The summed E-state index contributed by atoms with van der Waals surface area (Å²) >= 11 is 0. The van der Waals surface area contributed by atoms with Crippen LogP contribution < -0.4 is 0 Å². The van der Waals surface area contributed by atoms with Crippen molar-refractivity contribution in [2.45, 2.75) is 65.8 Å². The molecule has 4 nitrogen and oxygen atoms in total. The average Bonchev–Trinajstić information content (AvgIpc) is 2.76. The monoisotopic (exact) mass is 331 g/mol. The van der Waals surface area contributed by atoms with Gasteiger partial charge in [0.25, 0.3) is 0 Å². The molecule has 2 aromatic rings. The third-order valence-electron chi connectivity index (χ3n) is 4.63. The molecule has 1 heterocycles. The van der Waals surface area contributed by atoms with Crippen LogP contribution in [0.2, 0.25) is 0 Å². The summed E-state index contributed by atoms with van der Waals surface area (Å²) in [4.78, 5) is 11.6. The molecule has 0 aliphatic rings. The second kappa shape index (κ2) is 6.98. The van der Waals surface area contributed by atoms with Crippen LogP contribution in [0.4, 0.5) is 0 Å². The van der Waals surface area contributed by atoms with E-state index < -0.39 is 5.97 Å². The Bertz CT molecular complexity index is 751. The van der Waals surface area contributed by atoms with E-state index in [9.17, 15) is 15.0 Å². The van der Waals surface area contributed by atoms with Gasteiger partial charge in [0, 0.05) is 24.2 Å². The van der Waals surface area contributed by atoms with Crippen molar-refractivity contribution in [2.75, 3.05) is 6.61 Å². The summed E-state index contributed by atoms with van der Waals surface area (Å²) in [6.45, 7) is 11.7. The molecule has 0 fully saturated rings. The summed E-state index contributed by atoms with van der Waals surface area (Å²) < 4.78 is 2.33. The van der Waals surface area contributed by atoms with Crippen molar-refractivity contribution in [3.8, 4) is 0 Å². The van der Waals surface area contributed by atoms with Crippen LogP contribution in [0.5, 0.6) is 0 Å². The molecule has 0 atom stereocenters. The van der Waals surface area contributed by atoms with Gasteiger partial charge >= 0.3 is 5.97 Å². The van der Waals surface area contributed by atoms with E-state index >= 15 is 0 Å². The first-order valence-corrected chi connectivity index (χ1v) is 8.72. The van der Waals surface area contributed by atoms with Crippen molar-refractivity contribution in [2.24, 2.45) is 0 Å². The first-order chi connectivity index (χ1) is 11.2. The molecule has 0 spiro atoms. The summed E-state index contributed by atoms with van der Waals surface area (Å²) in [5.41, 5.74) is 4.78. The van der Waals surface area contributed by atoms with Gasteiger partial charge < -0.3 is 14.8 Å². The number of carboxylic acid groups (broad SMARTS) is 1. The van der Waals surface area contributed by atoms with E-state index in [1.807, 2.05) is 6.07 Å². The molecule has 0 saturated carbocycles. The van der Waals surface area contributed by atoms with Crippen molar-refractivity contribution in [3.05, 3.63) is 34.5 Å². The summed E-state index contributed by atoms with van der Waals surface area (Å²) in [5.74, 6) is -0.892. The smallest absolute Gasteiger partial charge is 0.335 e. The number of aryl methyl sites for hydroxylation is 2. The third kappa shape index (κ3) is 3.34. The van der Waals surface area contributed by atoms with Gasteiger partial charge in [0.2, 0.25) is 0 Å². The first-order valence-electron chi connectivity index (χ1n) is 8.72. The number of hydrogen-bond acceptors (Lipinski definition) is 2. The van der Waals surface area contributed by atoms with Gasteiger partial charge in [0.1, 0.15) is 0 Å². The zero-order valence-electron chi connectivity index (χ0n) is 15.4. The molecule has 0 amide bonds. The van der Waals surface area contributed by atoms with Crippen molar-refractivity contribution >= 4 is 16.9 Å². The molecule has 24 heavy (non-hydrogen) atoms. The van der Waals surface area contributed by atoms with E-state index in [-0.39, 0.29) is 12.0 Å². The Morgan fingerprint density at radius 2 is 1.92 bits per heavy atom. The fourth-order valence-electron chi connectivity index (χ4n) is 3.45. The quantitative estimate of drug-likeness (QED) is 0.830. The van der Waals surface area contributed by atoms with E-state index in [1.165, 1.54) is 11.3 Å². The highest BCUT2D eigenvalue weighted by molar-refractivity contribution is 5.97. The van der Waals surface area contributed by atoms with Gasteiger partial charge in [-0.25, -0.2) is 4.79 Å². The predicted octanol–water partition coefficient (Wildman–Crippen LogP) is 4.28. The van der Waals surface area contributed by atoms with Crippen LogP contribution in [-0.2, 0) is 18.4 Å². The maximum atomic E-state index is 11.6. The molecule has 0 saturated heterocycles. The highest BCUT2D eigenvalue weighted by Gasteiger charge is 2.25. The lowest BCUT2D eigenvalue weighted by molar-refractivity contribution is 0.0697. The highest BCUT2D eigenvalue weighted by Crippen LogP contribution is 2.36. The lowest BCUT2D eigenvalue weighted by Gasteiger charge is -2.23. The molecule has 0 bridgehead atoms. The Hall–Kier alpha value is -1.81. The Morgan fingerprint density at radius 3 is 2.42 bits per heavy atom. The third-order valence-corrected chi connectivity index (χ3v) is 4.63. The molecule has 0 unspecified atom stereocenters.